The fourth-order valence-electron chi connectivity index (χ4n) is 0. The summed E-state index contributed by atoms with van der Waals surface area (Å²) in [4.78, 5) is 0. The first-order chi connectivity index (χ1) is 2.56. The van der Waals surface area contributed by atoms with Gasteiger partial charge in [-0.15, -0.1) is 0 Å². The summed E-state index contributed by atoms with van der Waals surface area (Å²) < 4.78 is 22.9. The van der Waals surface area contributed by atoms with Gasteiger partial charge in [0, 0.05) is 0 Å². The Morgan fingerprint density at radius 2 is 1.83 bits per heavy atom. The second kappa shape index (κ2) is 1.93. The summed E-state index contributed by atoms with van der Waals surface area (Å²) in [7, 11) is -2.59. The van der Waals surface area contributed by atoms with E-state index in [1.165, 1.54) is 0 Å². The summed E-state index contributed by atoms with van der Waals surface area (Å²) in [5.74, 6) is 0. The van der Waals surface area contributed by atoms with Gasteiger partial charge in [-0.25, -0.2) is 0 Å². The van der Waals surface area contributed by atoms with E-state index in [2.05, 4.69) is 19.1 Å². The summed E-state index contributed by atoms with van der Waals surface area (Å²) >= 11 is 3.87. The maximum absolute atomic E-state index is 9.58. The van der Waals surface area contributed by atoms with Crippen molar-refractivity contribution in [1.82, 2.24) is 0 Å². The Bertz CT molecular complexity index is 113. The van der Waals surface area contributed by atoms with E-state index < -0.39 is 8.54 Å². The van der Waals surface area contributed by atoms with E-state index in [0.29, 0.717) is 0 Å². The molecule has 0 saturated carbocycles. The van der Waals surface area contributed by atoms with Crippen LogP contribution in [0.2, 0.25) is 0 Å². The zero-order valence-electron chi connectivity index (χ0n) is 2.93. The fraction of sp³-hybridized carbons (Fsp3) is 1.00. The van der Waals surface area contributed by atoms with Crippen molar-refractivity contribution in [3.63, 3.8) is 0 Å². The van der Waals surface area contributed by atoms with Gasteiger partial charge in [0.1, 0.15) is 0 Å². The first-order valence-corrected chi connectivity index (χ1v) is 3.43. The van der Waals surface area contributed by atoms with Gasteiger partial charge in [-0.3, -0.25) is 0 Å². The Balaban J connectivity index is 3.85. The topological polar surface area (TPSA) is 43.4 Å². The van der Waals surface area contributed by atoms with Crippen LogP contribution in [0.3, 0.4) is 0 Å². The SMILES string of the molecule is CO[S](=O)(=O)[Cu]. The molecule has 0 aromatic carbocycles. The first kappa shape index (κ1) is 6.43. The van der Waals surface area contributed by atoms with E-state index in [0.717, 1.165) is 7.11 Å². The fourth-order valence-corrected chi connectivity index (χ4v) is 0. The molecule has 0 rings (SSSR count). The molecule has 3 nitrogen and oxygen atoms in total. The van der Waals surface area contributed by atoms with Gasteiger partial charge in [0.05, 0.1) is 0 Å². The van der Waals surface area contributed by atoms with Crippen LogP contribution >= 0.6 is 0 Å². The Hall–Kier alpha value is 0.429. The molecule has 0 atom stereocenters. The summed E-state index contributed by atoms with van der Waals surface area (Å²) in [5.41, 5.74) is 0. The third kappa shape index (κ3) is 4.43. The zero-order chi connectivity index (χ0) is 5.21. The van der Waals surface area contributed by atoms with Crippen molar-refractivity contribution in [2.45, 2.75) is 0 Å². The predicted octanol–water partition coefficient (Wildman–Crippen LogP) is -0.576. The van der Waals surface area contributed by atoms with Gasteiger partial charge in [0.15, 0.2) is 0 Å². The van der Waals surface area contributed by atoms with Gasteiger partial charge in [0.2, 0.25) is 0 Å². The third-order valence-corrected chi connectivity index (χ3v) is 1.03. The quantitative estimate of drug-likeness (QED) is 0.480. The monoisotopic (exact) mass is 158 g/mol. The predicted molar refractivity (Wildman–Crippen MR) is 15.9 cm³/mol. The molecule has 0 unspecified atom stereocenters. The summed E-state index contributed by atoms with van der Waals surface area (Å²) in [6.45, 7) is 0. The molecule has 0 aliphatic heterocycles. The Kier molecular flexibility index (Phi) is 2.07. The summed E-state index contributed by atoms with van der Waals surface area (Å²) in [6.07, 6.45) is 0. The van der Waals surface area contributed by atoms with Crippen LogP contribution in [0.5, 0.6) is 0 Å². The molecule has 0 fully saturated rings. The van der Waals surface area contributed by atoms with Crippen molar-refractivity contribution < 1.29 is 27.5 Å². The van der Waals surface area contributed by atoms with Crippen LogP contribution in [-0.2, 0) is 27.6 Å². The van der Waals surface area contributed by atoms with Gasteiger partial charge < -0.3 is 0 Å². The molecule has 6 heavy (non-hydrogen) atoms. The van der Waals surface area contributed by atoms with E-state index in [1.54, 1.807) is 0 Å². The molecule has 0 N–H and O–H groups in total. The average Bonchev–Trinajstić information content (AvgIpc) is 1.35. The molecular formula is CH3CuO3S. The zero-order valence-corrected chi connectivity index (χ0v) is 4.69. The van der Waals surface area contributed by atoms with Gasteiger partial charge in [-0.1, -0.05) is 0 Å². The van der Waals surface area contributed by atoms with Crippen LogP contribution in [0.4, 0.5) is 0 Å². The molecule has 0 amide bonds. The molecule has 0 bridgehead atoms. The van der Waals surface area contributed by atoms with Crippen molar-refractivity contribution >= 4 is 8.54 Å². The van der Waals surface area contributed by atoms with Crippen LogP contribution in [0.1, 0.15) is 0 Å². The van der Waals surface area contributed by atoms with E-state index in [-0.39, 0.29) is 0 Å². The van der Waals surface area contributed by atoms with Gasteiger partial charge in [-0.2, -0.15) is 0 Å². The molecule has 0 aromatic rings. The van der Waals surface area contributed by atoms with Crippen LogP contribution < -0.4 is 0 Å². The van der Waals surface area contributed by atoms with Crippen molar-refractivity contribution in [2.75, 3.05) is 7.11 Å². The molecular weight excluding hydrogens is 156 g/mol. The Morgan fingerprint density at radius 1 is 1.67 bits per heavy atom. The van der Waals surface area contributed by atoms with Crippen molar-refractivity contribution in [1.29, 1.82) is 0 Å². The van der Waals surface area contributed by atoms with Gasteiger partial charge >= 0.3 is 43.1 Å². The summed E-state index contributed by atoms with van der Waals surface area (Å²) in [5, 5.41) is 0. The summed E-state index contributed by atoms with van der Waals surface area (Å²) in [6, 6.07) is 0. The molecule has 0 spiro atoms. The van der Waals surface area contributed by atoms with Crippen LogP contribution in [0.25, 0.3) is 0 Å². The van der Waals surface area contributed by atoms with Crippen LogP contribution in [-0.4, -0.2) is 15.5 Å². The second-order valence-electron chi connectivity index (χ2n) is 0.522. The number of hydrogen-bond donors (Lipinski definition) is 0. The molecule has 0 heterocycles. The molecule has 0 radical (unpaired) electrons. The Morgan fingerprint density at radius 3 is 1.83 bits per heavy atom. The molecule has 0 saturated heterocycles. The Labute approximate surface area is 43.7 Å². The van der Waals surface area contributed by atoms with E-state index in [1.807, 2.05) is 0 Å². The van der Waals surface area contributed by atoms with Crippen molar-refractivity contribution in [3.8, 4) is 0 Å². The normalized spacial score (nSPS) is 11.8. The standard InChI is InChI=1S/CH3O3S.Cu/c1-4-5(2)3;/h1H3;. The van der Waals surface area contributed by atoms with Crippen LogP contribution in [0, 0.1) is 0 Å². The first-order valence-electron chi connectivity index (χ1n) is 1.03. The van der Waals surface area contributed by atoms with Crippen molar-refractivity contribution in [2.24, 2.45) is 0 Å². The molecule has 0 aliphatic carbocycles. The van der Waals surface area contributed by atoms with Gasteiger partial charge in [-0.05, 0) is 0 Å². The maximum atomic E-state index is 9.58. The average molecular weight is 159 g/mol. The van der Waals surface area contributed by atoms with Crippen LogP contribution in [0.15, 0.2) is 0 Å². The number of hydrogen-bond acceptors (Lipinski definition) is 3. The minimum atomic E-state index is -3.60. The van der Waals surface area contributed by atoms with E-state index in [4.69, 9.17) is 0 Å². The molecule has 0 aromatic heterocycles. The number of rotatable bonds is 1. The van der Waals surface area contributed by atoms with E-state index in [9.17, 15) is 8.42 Å². The molecule has 0 aliphatic rings. The van der Waals surface area contributed by atoms with Gasteiger partial charge in [0.25, 0.3) is 0 Å². The molecule has 42 valence electrons. The van der Waals surface area contributed by atoms with Crippen molar-refractivity contribution in [3.05, 3.63) is 0 Å². The second-order valence-corrected chi connectivity index (χ2v) is 2.98. The minimum absolute atomic E-state index is 1.01. The van der Waals surface area contributed by atoms with E-state index >= 15 is 0 Å². The third-order valence-electron chi connectivity index (χ3n) is 0.186. The molecule has 5 heteroatoms.